The topological polar surface area (TPSA) is 20.3 Å². The van der Waals surface area contributed by atoms with Gasteiger partial charge in [0, 0.05) is 28.5 Å². The summed E-state index contributed by atoms with van der Waals surface area (Å²) >= 11 is 2.93. The van der Waals surface area contributed by atoms with Crippen LogP contribution in [0, 0.1) is 0 Å². The number of carbonyl (C=O) groups is 1. The first-order valence-electron chi connectivity index (χ1n) is 3.59. The number of carbonyl (C=O) groups excluding carboxylic acids is 1. The molecule has 1 amide bonds. The molecule has 0 aromatic carbocycles. The first-order chi connectivity index (χ1) is 4.63. The van der Waals surface area contributed by atoms with Gasteiger partial charge >= 0.3 is 0 Å². The molecule has 60 valence electrons. The van der Waals surface area contributed by atoms with Gasteiger partial charge in [-0.15, -0.1) is 0 Å². The first-order valence-corrected chi connectivity index (χ1v) is 4.38. The van der Waals surface area contributed by atoms with E-state index < -0.39 is 0 Å². The van der Waals surface area contributed by atoms with Crippen LogP contribution in [0.25, 0.3) is 0 Å². The van der Waals surface area contributed by atoms with Crippen LogP contribution in [0.5, 0.6) is 0 Å². The number of halogens is 1. The molecule has 0 bridgehead atoms. The third kappa shape index (κ3) is 2.69. The Morgan fingerprint density at radius 3 is 2.20 bits per heavy atom. The number of rotatable bonds is 3. The van der Waals surface area contributed by atoms with E-state index in [1.807, 2.05) is 13.8 Å². The van der Waals surface area contributed by atoms with Crippen molar-refractivity contribution in [3.8, 4) is 0 Å². The Morgan fingerprint density at radius 2 is 2.10 bits per heavy atom. The predicted octanol–water partition coefficient (Wildman–Crippen LogP) is 2.62. The third-order valence-corrected chi connectivity index (χ3v) is 2.14. The fourth-order valence-corrected chi connectivity index (χ4v) is 1.43. The second-order valence-electron chi connectivity index (χ2n) is 2.30. The molecule has 0 saturated carbocycles. The first kappa shape index (κ1) is 9.95. The van der Waals surface area contributed by atoms with E-state index in [2.05, 4.69) is 22.9 Å². The van der Waals surface area contributed by atoms with Crippen molar-refractivity contribution >= 4 is 20.7 Å². The molecule has 0 heterocycles. The van der Waals surface area contributed by atoms with Crippen LogP contribution < -0.4 is 0 Å². The Hall–Kier alpha value is -0.0500. The minimum absolute atomic E-state index is 0.00986. The quantitative estimate of drug-likeness (QED) is 0.515. The highest BCUT2D eigenvalue weighted by Crippen LogP contribution is 2.07. The number of hydrogen-bond donors (Lipinski definition) is 0. The molecule has 0 aliphatic rings. The molecule has 0 saturated heterocycles. The Kier molecular flexibility index (Phi) is 4.69. The summed E-state index contributed by atoms with van der Waals surface area (Å²) in [5.74, 6) is 0. The average Bonchev–Trinajstić information content (AvgIpc) is 1.88. The van der Waals surface area contributed by atoms with Crippen LogP contribution in [0.3, 0.4) is 0 Å². The summed E-state index contributed by atoms with van der Waals surface area (Å²) in [5, 5.41) is 0. The van der Waals surface area contributed by atoms with Crippen LogP contribution >= 0.6 is 15.9 Å². The summed E-state index contributed by atoms with van der Waals surface area (Å²) in [6, 6.07) is 0.344. The van der Waals surface area contributed by atoms with Gasteiger partial charge < -0.3 is 4.90 Å². The van der Waals surface area contributed by atoms with E-state index in [-0.39, 0.29) is 4.82 Å². The molecule has 2 nitrogen and oxygen atoms in total. The minimum Gasteiger partial charge on any atom is -0.331 e. The summed E-state index contributed by atoms with van der Waals surface area (Å²) in [4.78, 5) is 12.6. The monoisotopic (exact) mass is 207 g/mol. The number of nitrogens with zero attached hydrogens (tertiary/aromatic N) is 1. The molecule has 0 rings (SSSR count). The van der Waals surface area contributed by atoms with Crippen molar-refractivity contribution in [1.29, 1.82) is 0 Å². The van der Waals surface area contributed by atoms with Crippen molar-refractivity contribution in [3.05, 3.63) is 0 Å². The van der Waals surface area contributed by atoms with E-state index in [1.165, 1.54) is 0 Å². The summed E-state index contributed by atoms with van der Waals surface area (Å²) < 4.78 is 0. The zero-order valence-electron chi connectivity index (χ0n) is 6.72. The minimum atomic E-state index is -0.00986. The van der Waals surface area contributed by atoms with Gasteiger partial charge in [0.15, 0.2) is 0 Å². The van der Waals surface area contributed by atoms with Gasteiger partial charge in [0.1, 0.15) is 0 Å². The van der Waals surface area contributed by atoms with Crippen molar-refractivity contribution in [2.75, 3.05) is 6.54 Å². The molecule has 0 aliphatic heterocycles. The third-order valence-electron chi connectivity index (χ3n) is 1.69. The van der Waals surface area contributed by atoms with Crippen LogP contribution in [0.15, 0.2) is 0 Å². The molecule has 0 N–H and O–H groups in total. The molecule has 0 aliphatic carbocycles. The molecular weight excluding hydrogens is 194 g/mol. The highest BCUT2D eigenvalue weighted by atomic mass is 79.9. The van der Waals surface area contributed by atoms with E-state index in [4.69, 9.17) is 0 Å². The van der Waals surface area contributed by atoms with Gasteiger partial charge in [-0.25, -0.2) is 0 Å². The van der Waals surface area contributed by atoms with Crippen molar-refractivity contribution in [1.82, 2.24) is 4.90 Å². The fraction of sp³-hybridized carbons (Fsp3) is 0.857. The predicted molar refractivity (Wildman–Crippen MR) is 46.5 cm³/mol. The molecule has 0 aromatic heterocycles. The van der Waals surface area contributed by atoms with Gasteiger partial charge in [0.2, 0.25) is 0 Å². The summed E-state index contributed by atoms with van der Waals surface area (Å²) in [6.45, 7) is 6.87. The fourth-order valence-electron chi connectivity index (χ4n) is 0.830. The van der Waals surface area contributed by atoms with E-state index in [9.17, 15) is 4.79 Å². The van der Waals surface area contributed by atoms with Gasteiger partial charge in [-0.1, -0.05) is 6.92 Å². The molecular formula is C7H14BrNO. The molecule has 1 atom stereocenters. The summed E-state index contributed by atoms with van der Waals surface area (Å²) in [7, 11) is 0. The Labute approximate surface area is 70.7 Å². The zero-order valence-corrected chi connectivity index (χ0v) is 8.31. The van der Waals surface area contributed by atoms with E-state index in [0.29, 0.717) is 6.04 Å². The largest absolute Gasteiger partial charge is 0.331 e. The maximum absolute atomic E-state index is 10.8. The molecule has 10 heavy (non-hydrogen) atoms. The van der Waals surface area contributed by atoms with E-state index in [1.54, 1.807) is 4.90 Å². The van der Waals surface area contributed by atoms with E-state index in [0.717, 1.165) is 13.0 Å². The lowest BCUT2D eigenvalue weighted by molar-refractivity contribution is 0.207. The smallest absolute Gasteiger partial charge is 0.289 e. The average molecular weight is 208 g/mol. The summed E-state index contributed by atoms with van der Waals surface area (Å²) in [6.07, 6.45) is 1.01. The van der Waals surface area contributed by atoms with Crippen LogP contribution in [0.4, 0.5) is 4.79 Å². The highest BCUT2D eigenvalue weighted by Gasteiger charge is 2.12. The van der Waals surface area contributed by atoms with Gasteiger partial charge in [-0.2, -0.15) is 0 Å². The Balaban J connectivity index is 3.92. The summed E-state index contributed by atoms with van der Waals surface area (Å²) in [5.41, 5.74) is 0. The molecule has 1 unspecified atom stereocenters. The van der Waals surface area contributed by atoms with Crippen LogP contribution in [-0.2, 0) is 0 Å². The second-order valence-corrected chi connectivity index (χ2v) is 2.97. The SMILES string of the molecule is CCC(C)N(CC)C(=O)Br. The van der Waals surface area contributed by atoms with Crippen LogP contribution in [0.1, 0.15) is 27.2 Å². The number of amides is 1. The van der Waals surface area contributed by atoms with Crippen molar-refractivity contribution in [2.24, 2.45) is 0 Å². The number of hydrogen-bond acceptors (Lipinski definition) is 1. The second kappa shape index (κ2) is 4.72. The highest BCUT2D eigenvalue weighted by molar-refractivity contribution is 9.18. The van der Waals surface area contributed by atoms with Crippen LogP contribution in [0.2, 0.25) is 0 Å². The van der Waals surface area contributed by atoms with Gasteiger partial charge in [-0.05, 0) is 20.3 Å². The Bertz CT molecular complexity index is 116. The molecule has 0 aromatic rings. The zero-order chi connectivity index (χ0) is 8.15. The van der Waals surface area contributed by atoms with Gasteiger partial charge in [-0.3, -0.25) is 4.79 Å². The molecule has 0 spiro atoms. The molecule has 0 fully saturated rings. The van der Waals surface area contributed by atoms with Crippen molar-refractivity contribution in [3.63, 3.8) is 0 Å². The van der Waals surface area contributed by atoms with Gasteiger partial charge in [0.25, 0.3) is 4.82 Å². The maximum Gasteiger partial charge on any atom is 0.289 e. The molecule has 3 heteroatoms. The Morgan fingerprint density at radius 1 is 1.60 bits per heavy atom. The van der Waals surface area contributed by atoms with Crippen LogP contribution in [-0.4, -0.2) is 22.3 Å². The molecule has 0 radical (unpaired) electrons. The normalized spacial score (nSPS) is 12.8. The van der Waals surface area contributed by atoms with Crippen molar-refractivity contribution < 1.29 is 4.79 Å². The van der Waals surface area contributed by atoms with E-state index >= 15 is 0 Å². The lowest BCUT2D eigenvalue weighted by Gasteiger charge is -2.24. The van der Waals surface area contributed by atoms with Gasteiger partial charge in [0.05, 0.1) is 0 Å². The van der Waals surface area contributed by atoms with Crippen molar-refractivity contribution in [2.45, 2.75) is 33.2 Å². The lowest BCUT2D eigenvalue weighted by atomic mass is 10.2. The maximum atomic E-state index is 10.8. The lowest BCUT2D eigenvalue weighted by Crippen LogP contribution is -2.34. The standard InChI is InChI=1S/C7H14BrNO/c1-4-6(3)9(5-2)7(8)10/h6H,4-5H2,1-3H3.